The van der Waals surface area contributed by atoms with Crippen LogP contribution in [0.3, 0.4) is 0 Å². The molecular weight excluding hydrogens is 274 g/mol. The summed E-state index contributed by atoms with van der Waals surface area (Å²) >= 11 is 0. The van der Waals surface area contributed by atoms with Gasteiger partial charge in [-0.05, 0) is 0 Å². The Kier molecular flexibility index (Phi) is 71.8. The Bertz CT molecular complexity index is 135. The van der Waals surface area contributed by atoms with Crippen LogP contribution < -0.4 is 66.3 Å². The van der Waals surface area contributed by atoms with Crippen molar-refractivity contribution in [3.8, 4) is 0 Å². The topological polar surface area (TPSA) is 392 Å². The van der Waals surface area contributed by atoms with Crippen LogP contribution in [-0.2, 0) is 9.13 Å². The van der Waals surface area contributed by atoms with Gasteiger partial charge in [0.2, 0.25) is 0 Å². The first kappa shape index (κ1) is 56.3. The van der Waals surface area contributed by atoms with E-state index in [9.17, 15) is 0 Å². The average Bonchev–Trinajstić information content (AvgIpc) is 1.12. The Morgan fingerprint density at radius 1 is 0.438 bits per heavy atom. The predicted molar refractivity (Wildman–Crippen MR) is 51.1 cm³/mol. The van der Waals surface area contributed by atoms with E-state index in [1.807, 2.05) is 0 Å². The molecule has 16 heteroatoms. The van der Waals surface area contributed by atoms with E-state index in [0.717, 1.165) is 0 Å². The van der Waals surface area contributed by atoms with Gasteiger partial charge in [-0.2, -0.15) is 15.6 Å². The van der Waals surface area contributed by atoms with Gasteiger partial charge in [0, 0.05) is 0 Å². The van der Waals surface area contributed by atoms with Crippen LogP contribution in [0.15, 0.2) is 0 Å². The molecule has 0 amide bonds. The third-order valence-corrected chi connectivity index (χ3v) is 0. The average molecular weight is 298 g/mol. The first-order chi connectivity index (χ1) is 4.00. The summed E-state index contributed by atoms with van der Waals surface area (Å²) in [6, 6.07) is 0. The summed E-state index contributed by atoms with van der Waals surface area (Å²) in [6.07, 6.45) is 0. The SMILES string of the molecule is O=P([O-])([O-])[O-].O=P([O-])([O-])[O-].[NH4+].[NH4+].[NH4+].[NH4+].[NH4+].[NH4+]. The molecular formula is H24N6O8P2. The molecule has 0 heterocycles. The lowest BCUT2D eigenvalue weighted by Gasteiger charge is -2.36. The molecule has 0 saturated carbocycles. The van der Waals surface area contributed by atoms with Gasteiger partial charge in [0.15, 0.2) is 0 Å². The quantitative estimate of drug-likeness (QED) is 0.244. The zero-order valence-corrected chi connectivity index (χ0v) is 11.9. The van der Waals surface area contributed by atoms with Gasteiger partial charge in [-0.1, -0.05) is 0 Å². The van der Waals surface area contributed by atoms with Crippen LogP contribution in [0, 0.1) is 0 Å². The van der Waals surface area contributed by atoms with E-state index in [0.29, 0.717) is 0 Å². The van der Waals surface area contributed by atoms with E-state index in [-0.39, 0.29) is 36.9 Å². The zero-order chi connectivity index (χ0) is 9.00. The van der Waals surface area contributed by atoms with Crippen molar-refractivity contribution in [1.29, 1.82) is 0 Å². The molecule has 14 nitrogen and oxygen atoms in total. The number of rotatable bonds is 0. The van der Waals surface area contributed by atoms with Crippen LogP contribution in [0.1, 0.15) is 0 Å². The van der Waals surface area contributed by atoms with Crippen molar-refractivity contribution in [3.63, 3.8) is 0 Å². The summed E-state index contributed by atoms with van der Waals surface area (Å²) < 4.78 is 17.1. The minimum atomic E-state index is -5.39. The van der Waals surface area contributed by atoms with E-state index in [1.54, 1.807) is 0 Å². The Morgan fingerprint density at radius 3 is 0.438 bits per heavy atom. The van der Waals surface area contributed by atoms with Gasteiger partial charge in [-0.15, -0.1) is 0 Å². The summed E-state index contributed by atoms with van der Waals surface area (Å²) in [5.41, 5.74) is 0. The van der Waals surface area contributed by atoms with Crippen molar-refractivity contribution in [2.45, 2.75) is 0 Å². The monoisotopic (exact) mass is 298 g/mol. The van der Waals surface area contributed by atoms with Crippen LogP contribution in [0.25, 0.3) is 0 Å². The van der Waals surface area contributed by atoms with Crippen molar-refractivity contribution in [2.75, 3.05) is 0 Å². The van der Waals surface area contributed by atoms with Gasteiger partial charge in [0.25, 0.3) is 0 Å². The lowest BCUT2D eigenvalue weighted by molar-refractivity contribution is -0.434. The van der Waals surface area contributed by atoms with E-state index in [4.69, 9.17) is 38.5 Å². The van der Waals surface area contributed by atoms with Gasteiger partial charge >= 0.3 is 0 Å². The van der Waals surface area contributed by atoms with Crippen LogP contribution in [0.4, 0.5) is 0 Å². The molecule has 0 aliphatic rings. The second-order valence-corrected chi connectivity index (χ2v) is 2.68. The van der Waals surface area contributed by atoms with E-state index >= 15 is 0 Å². The number of phosphoric acid groups is 2. The number of hydrogen-bond acceptors (Lipinski definition) is 8. The fourth-order valence-electron chi connectivity index (χ4n) is 0. The zero-order valence-electron chi connectivity index (χ0n) is 10.2. The molecule has 0 unspecified atom stereocenters. The third kappa shape index (κ3) is 5890000. The highest BCUT2D eigenvalue weighted by Gasteiger charge is 1.45. The number of quaternary nitrogens is 6. The highest BCUT2D eigenvalue weighted by atomic mass is 31.2. The summed E-state index contributed by atoms with van der Waals surface area (Å²) in [5, 5.41) is 0. The van der Waals surface area contributed by atoms with Gasteiger partial charge in [-0.25, -0.2) is 0 Å². The van der Waals surface area contributed by atoms with Crippen molar-refractivity contribution in [2.24, 2.45) is 0 Å². The van der Waals surface area contributed by atoms with Gasteiger partial charge in [-0.3, -0.25) is 0 Å². The highest BCUT2D eigenvalue weighted by molar-refractivity contribution is 7.40. The van der Waals surface area contributed by atoms with E-state index < -0.39 is 15.6 Å². The summed E-state index contributed by atoms with van der Waals surface area (Å²) in [7, 11) is -10.8. The normalized spacial score (nSPS) is 7.38. The van der Waals surface area contributed by atoms with Crippen LogP contribution >= 0.6 is 15.6 Å². The van der Waals surface area contributed by atoms with E-state index in [1.165, 1.54) is 0 Å². The maximum Gasteiger partial charge on any atom is -0.159 e. The molecule has 0 aliphatic heterocycles. The molecule has 0 radical (unpaired) electrons. The maximum atomic E-state index is 8.55. The highest BCUT2D eigenvalue weighted by Crippen LogP contribution is 2.03. The Morgan fingerprint density at radius 2 is 0.438 bits per heavy atom. The molecule has 0 aromatic heterocycles. The van der Waals surface area contributed by atoms with Gasteiger partial charge < -0.3 is 75.4 Å². The molecule has 0 fully saturated rings. The molecule has 0 bridgehead atoms. The standard InChI is InChI=1S/6H3N.2H3O4P/c;;;;;;2*1-5(2,3)4/h6*1H3;2*(H3,1,2,3,4). The Balaban J connectivity index is -0.00000000970. The minimum absolute atomic E-state index is 0. The predicted octanol–water partition coefficient (Wildman–Crippen LogP) is -3.39. The molecule has 0 spiro atoms. The van der Waals surface area contributed by atoms with Crippen molar-refractivity contribution in [3.05, 3.63) is 0 Å². The lowest BCUT2D eigenvalue weighted by Crippen LogP contribution is -2.24. The molecule has 0 aromatic rings. The van der Waals surface area contributed by atoms with Crippen molar-refractivity contribution >= 4 is 15.6 Å². The van der Waals surface area contributed by atoms with E-state index in [2.05, 4.69) is 0 Å². The summed E-state index contributed by atoms with van der Waals surface area (Å²) in [4.78, 5) is 51.3. The smallest absolute Gasteiger partial charge is 0.159 e. The summed E-state index contributed by atoms with van der Waals surface area (Å²) in [6.45, 7) is 0. The fraction of sp³-hybridized carbons (Fsp3) is 0. The first-order valence-corrected chi connectivity index (χ1v) is 4.38. The molecule has 0 atom stereocenters. The summed E-state index contributed by atoms with van der Waals surface area (Å²) in [5.74, 6) is 0. The Hall–Kier alpha value is -0.0200. The van der Waals surface area contributed by atoms with Crippen LogP contribution in [0.5, 0.6) is 0 Å². The van der Waals surface area contributed by atoms with Crippen LogP contribution in [-0.4, -0.2) is 0 Å². The molecule has 0 rings (SSSR count). The molecule has 24 N–H and O–H groups in total. The Labute approximate surface area is 92.1 Å². The third-order valence-electron chi connectivity index (χ3n) is 0. The largest absolute Gasteiger partial charge is 0.822 e. The molecule has 0 aromatic carbocycles. The minimum Gasteiger partial charge on any atom is -0.822 e. The molecule has 0 aliphatic carbocycles. The first-order valence-electron chi connectivity index (χ1n) is 1.46. The fourth-order valence-corrected chi connectivity index (χ4v) is 0. The lowest BCUT2D eigenvalue weighted by atomic mass is 14.0. The molecule has 16 heavy (non-hydrogen) atoms. The second kappa shape index (κ2) is 20.4. The van der Waals surface area contributed by atoms with Gasteiger partial charge in [0.1, 0.15) is 0 Å². The number of hydrogen-bond donors (Lipinski definition) is 6. The van der Waals surface area contributed by atoms with Crippen molar-refractivity contribution in [1.82, 2.24) is 36.9 Å². The van der Waals surface area contributed by atoms with Crippen molar-refractivity contribution < 1.29 is 38.5 Å². The molecule has 112 valence electrons. The maximum absolute atomic E-state index is 8.55. The second-order valence-electron chi connectivity index (χ2n) is 0.894. The van der Waals surface area contributed by atoms with Crippen LogP contribution in [0.2, 0.25) is 0 Å². The molecule has 0 saturated heterocycles. The van der Waals surface area contributed by atoms with Gasteiger partial charge in [0.05, 0.1) is 0 Å².